The number of nitrogens with zero attached hydrogens (tertiary/aromatic N) is 1. The molecule has 6 nitrogen and oxygen atoms in total. The third-order valence-corrected chi connectivity index (χ3v) is 4.69. The molecule has 0 fully saturated rings. The third-order valence-electron chi connectivity index (χ3n) is 3.09. The number of amides is 1. The second-order valence-electron chi connectivity index (χ2n) is 5.18. The number of anilines is 1. The molecule has 8 heteroatoms. The monoisotopic (exact) mass is 367 g/mol. The van der Waals surface area contributed by atoms with Crippen molar-refractivity contribution in [1.82, 2.24) is 9.71 Å². The predicted molar refractivity (Wildman–Crippen MR) is 94.2 cm³/mol. The highest BCUT2D eigenvalue weighted by atomic mass is 35.5. The zero-order chi connectivity index (χ0) is 17.4. The second kappa shape index (κ2) is 8.77. The molecule has 0 spiro atoms. The minimum absolute atomic E-state index is 0.143. The quantitative estimate of drug-likeness (QED) is 0.702. The fourth-order valence-electron chi connectivity index (χ4n) is 2.03. The lowest BCUT2D eigenvalue weighted by Crippen LogP contribution is -2.27. The Hall–Kier alpha value is -1.96. The summed E-state index contributed by atoms with van der Waals surface area (Å²) in [6.07, 6.45) is 3.78. The molecule has 0 atom stereocenters. The van der Waals surface area contributed by atoms with Crippen LogP contribution in [-0.2, 0) is 20.6 Å². The molecule has 2 aromatic rings. The molecule has 0 unspecified atom stereocenters. The van der Waals surface area contributed by atoms with Crippen LogP contribution < -0.4 is 10.0 Å². The molecule has 2 N–H and O–H groups in total. The van der Waals surface area contributed by atoms with Crippen molar-refractivity contribution in [2.45, 2.75) is 18.6 Å². The van der Waals surface area contributed by atoms with Crippen molar-refractivity contribution in [3.05, 3.63) is 59.4 Å². The van der Waals surface area contributed by atoms with Gasteiger partial charge in [-0.15, -0.1) is 0 Å². The number of hydrogen-bond donors (Lipinski definition) is 2. The second-order valence-corrected chi connectivity index (χ2v) is 7.42. The van der Waals surface area contributed by atoms with Crippen molar-refractivity contribution in [3.8, 4) is 0 Å². The number of pyridine rings is 1. The Balaban J connectivity index is 1.72. The van der Waals surface area contributed by atoms with Crippen LogP contribution in [0.2, 0.25) is 5.02 Å². The highest BCUT2D eigenvalue weighted by Crippen LogP contribution is 2.12. The van der Waals surface area contributed by atoms with Gasteiger partial charge < -0.3 is 5.32 Å². The van der Waals surface area contributed by atoms with Crippen molar-refractivity contribution in [2.24, 2.45) is 0 Å². The van der Waals surface area contributed by atoms with Crippen LogP contribution in [0.4, 0.5) is 5.69 Å². The maximum atomic E-state index is 12.0. The molecular weight excluding hydrogens is 350 g/mol. The first-order chi connectivity index (χ1) is 11.4. The molecule has 0 saturated carbocycles. The van der Waals surface area contributed by atoms with Gasteiger partial charge in [0.1, 0.15) is 0 Å². The van der Waals surface area contributed by atoms with Crippen molar-refractivity contribution < 1.29 is 13.2 Å². The zero-order valence-corrected chi connectivity index (χ0v) is 14.5. The Kier molecular flexibility index (Phi) is 6.72. The molecule has 0 aliphatic rings. The minimum atomic E-state index is -3.46. The van der Waals surface area contributed by atoms with Crippen LogP contribution in [0, 0.1) is 0 Å². The fourth-order valence-corrected chi connectivity index (χ4v) is 3.42. The smallest absolute Gasteiger partial charge is 0.224 e. The molecule has 24 heavy (non-hydrogen) atoms. The van der Waals surface area contributed by atoms with Crippen LogP contribution in [0.15, 0.2) is 48.8 Å². The molecule has 1 aromatic carbocycles. The highest BCUT2D eigenvalue weighted by Gasteiger charge is 2.11. The normalized spacial score (nSPS) is 11.2. The Morgan fingerprint density at radius 1 is 1.21 bits per heavy atom. The molecule has 0 aliphatic carbocycles. The van der Waals surface area contributed by atoms with Gasteiger partial charge in [-0.3, -0.25) is 9.78 Å². The number of rotatable bonds is 8. The summed E-state index contributed by atoms with van der Waals surface area (Å²) in [6, 6.07) is 10.2. The summed E-state index contributed by atoms with van der Waals surface area (Å²) in [5, 5.41) is 3.19. The van der Waals surface area contributed by atoms with Crippen molar-refractivity contribution in [3.63, 3.8) is 0 Å². The Morgan fingerprint density at radius 3 is 2.75 bits per heavy atom. The fraction of sp³-hybridized carbons (Fsp3) is 0.250. The van der Waals surface area contributed by atoms with Gasteiger partial charge in [-0.1, -0.05) is 23.7 Å². The number of aromatic nitrogens is 1. The van der Waals surface area contributed by atoms with E-state index in [4.69, 9.17) is 11.6 Å². The molecule has 0 saturated heterocycles. The summed E-state index contributed by atoms with van der Waals surface area (Å²) >= 11 is 5.84. The van der Waals surface area contributed by atoms with Crippen LogP contribution in [0.1, 0.15) is 18.4 Å². The van der Waals surface area contributed by atoms with Crippen LogP contribution in [0.3, 0.4) is 0 Å². The van der Waals surface area contributed by atoms with E-state index in [2.05, 4.69) is 15.0 Å². The van der Waals surface area contributed by atoms with E-state index in [1.54, 1.807) is 48.8 Å². The van der Waals surface area contributed by atoms with E-state index < -0.39 is 10.0 Å². The van der Waals surface area contributed by atoms with Gasteiger partial charge in [-0.25, -0.2) is 13.1 Å². The van der Waals surface area contributed by atoms with E-state index in [0.717, 1.165) is 0 Å². The summed E-state index contributed by atoms with van der Waals surface area (Å²) < 4.78 is 26.5. The van der Waals surface area contributed by atoms with Crippen LogP contribution >= 0.6 is 11.6 Å². The van der Waals surface area contributed by atoms with Crippen molar-refractivity contribution >= 4 is 33.2 Å². The van der Waals surface area contributed by atoms with Crippen molar-refractivity contribution in [2.75, 3.05) is 11.9 Å². The summed E-state index contributed by atoms with van der Waals surface area (Å²) in [5.41, 5.74) is 1.23. The van der Waals surface area contributed by atoms with Gasteiger partial charge in [-0.2, -0.15) is 0 Å². The summed E-state index contributed by atoms with van der Waals surface area (Å²) in [6.45, 7) is 0.198. The van der Waals surface area contributed by atoms with Crippen LogP contribution in [-0.4, -0.2) is 25.9 Å². The van der Waals surface area contributed by atoms with Gasteiger partial charge in [0.05, 0.1) is 17.6 Å². The molecule has 1 heterocycles. The maximum Gasteiger partial charge on any atom is 0.224 e. The highest BCUT2D eigenvalue weighted by molar-refractivity contribution is 7.88. The predicted octanol–water partition coefficient (Wildman–Crippen LogP) is 2.57. The first kappa shape index (κ1) is 18.4. The van der Waals surface area contributed by atoms with E-state index in [1.165, 1.54) is 0 Å². The topological polar surface area (TPSA) is 88.2 Å². The number of sulfonamides is 1. The Morgan fingerprint density at radius 2 is 2.04 bits per heavy atom. The number of benzene rings is 1. The molecular formula is C16H18ClN3O3S. The summed E-state index contributed by atoms with van der Waals surface area (Å²) in [5.74, 6) is -0.327. The van der Waals surface area contributed by atoms with Crippen molar-refractivity contribution in [1.29, 1.82) is 0 Å². The Bertz CT molecular complexity index is 782. The van der Waals surface area contributed by atoms with Crippen LogP contribution in [0.5, 0.6) is 0 Å². The first-order valence-electron chi connectivity index (χ1n) is 7.36. The average Bonchev–Trinajstić information content (AvgIpc) is 2.52. The summed E-state index contributed by atoms with van der Waals surface area (Å²) in [7, 11) is -3.46. The van der Waals surface area contributed by atoms with E-state index >= 15 is 0 Å². The van der Waals surface area contributed by atoms with E-state index in [9.17, 15) is 13.2 Å². The SMILES string of the molecule is O=C(CCCNS(=O)(=O)Cc1cccc(Cl)c1)Nc1cccnc1. The standard InChI is InChI=1S/C16H18ClN3O3S/c17-14-5-1-4-13(10-14)12-24(22,23)19-9-3-7-16(21)20-15-6-2-8-18-11-15/h1-2,4-6,8,10-11,19H,3,7,9,12H2,(H,20,21). The number of carbonyl (C=O) groups excluding carboxylic acids is 1. The number of carbonyl (C=O) groups is 1. The number of halogens is 1. The molecule has 0 bridgehead atoms. The van der Waals surface area contributed by atoms with E-state index in [0.29, 0.717) is 22.7 Å². The lowest BCUT2D eigenvalue weighted by Gasteiger charge is -2.07. The lowest BCUT2D eigenvalue weighted by atomic mass is 10.2. The molecule has 0 aliphatic heterocycles. The van der Waals surface area contributed by atoms with E-state index in [-0.39, 0.29) is 24.6 Å². The average molecular weight is 368 g/mol. The first-order valence-corrected chi connectivity index (χ1v) is 9.39. The number of hydrogen-bond acceptors (Lipinski definition) is 4. The third kappa shape index (κ3) is 6.66. The van der Waals surface area contributed by atoms with Gasteiger partial charge in [0.15, 0.2) is 0 Å². The van der Waals surface area contributed by atoms with Gasteiger partial charge in [0.25, 0.3) is 0 Å². The van der Waals surface area contributed by atoms with Gasteiger partial charge >= 0.3 is 0 Å². The summed E-state index contributed by atoms with van der Waals surface area (Å²) in [4.78, 5) is 15.6. The Labute approximate surface area is 146 Å². The lowest BCUT2D eigenvalue weighted by molar-refractivity contribution is -0.116. The zero-order valence-electron chi connectivity index (χ0n) is 12.9. The largest absolute Gasteiger partial charge is 0.325 e. The molecule has 2 rings (SSSR count). The molecule has 0 radical (unpaired) electrons. The molecule has 128 valence electrons. The molecule has 1 aromatic heterocycles. The van der Waals surface area contributed by atoms with Gasteiger partial charge in [0, 0.05) is 24.2 Å². The van der Waals surface area contributed by atoms with Crippen LogP contribution in [0.25, 0.3) is 0 Å². The number of nitrogens with one attached hydrogen (secondary N) is 2. The van der Waals surface area contributed by atoms with E-state index in [1.807, 2.05) is 0 Å². The van der Waals surface area contributed by atoms with Gasteiger partial charge in [-0.05, 0) is 36.2 Å². The molecule has 1 amide bonds. The maximum absolute atomic E-state index is 12.0. The minimum Gasteiger partial charge on any atom is -0.325 e. The van der Waals surface area contributed by atoms with Gasteiger partial charge in [0.2, 0.25) is 15.9 Å².